The number of fused-ring (bicyclic) bond motifs is 1. The van der Waals surface area contributed by atoms with Gasteiger partial charge in [-0.15, -0.1) is 0 Å². The zero-order valence-corrected chi connectivity index (χ0v) is 23.3. The van der Waals surface area contributed by atoms with Crippen LogP contribution in [0.1, 0.15) is 41.6 Å². The van der Waals surface area contributed by atoms with Gasteiger partial charge >= 0.3 is 6.18 Å². The molecule has 1 atom stereocenters. The molecule has 3 aromatic heterocycles. The summed E-state index contributed by atoms with van der Waals surface area (Å²) >= 11 is 0. The molecule has 1 saturated carbocycles. The van der Waals surface area contributed by atoms with Crippen molar-refractivity contribution < 1.29 is 31.5 Å². The maximum absolute atomic E-state index is 13.0. The van der Waals surface area contributed by atoms with Crippen LogP contribution in [0.5, 0.6) is 0 Å². The van der Waals surface area contributed by atoms with Gasteiger partial charge in [-0.1, -0.05) is 12.1 Å². The van der Waals surface area contributed by atoms with Gasteiger partial charge < -0.3 is 26.5 Å². The molecule has 2 aliphatic rings. The second kappa shape index (κ2) is 12.1. The summed E-state index contributed by atoms with van der Waals surface area (Å²) in [6, 6.07) is 7.80. The number of piperidine rings is 1. The number of amides is 1. The molecule has 1 saturated heterocycles. The van der Waals surface area contributed by atoms with Gasteiger partial charge in [-0.05, 0) is 37.1 Å². The molecule has 0 spiro atoms. The van der Waals surface area contributed by atoms with E-state index in [0.29, 0.717) is 29.3 Å². The van der Waals surface area contributed by atoms with Crippen LogP contribution in [0.4, 0.5) is 39.5 Å². The number of imidazole rings is 1. The van der Waals surface area contributed by atoms with E-state index in [0.717, 1.165) is 44.0 Å². The van der Waals surface area contributed by atoms with Gasteiger partial charge in [0.2, 0.25) is 5.95 Å². The van der Waals surface area contributed by atoms with Crippen LogP contribution >= 0.6 is 0 Å². The van der Waals surface area contributed by atoms with Crippen molar-refractivity contribution in [3.63, 3.8) is 0 Å². The largest absolute Gasteiger partial charge is 0.416 e. The number of rotatable bonds is 5. The van der Waals surface area contributed by atoms with Crippen molar-refractivity contribution in [2.45, 2.75) is 43.8 Å². The minimum atomic E-state index is -4.55. The van der Waals surface area contributed by atoms with Gasteiger partial charge in [-0.3, -0.25) is 9.20 Å². The van der Waals surface area contributed by atoms with E-state index in [2.05, 4.69) is 15.3 Å². The van der Waals surface area contributed by atoms with E-state index in [1.807, 2.05) is 9.30 Å². The molecule has 4 heterocycles. The summed E-state index contributed by atoms with van der Waals surface area (Å²) in [5.74, 6) is -2.40. The van der Waals surface area contributed by atoms with Crippen molar-refractivity contribution in [2.24, 2.45) is 11.7 Å². The molecule has 10 nitrogen and oxygen atoms in total. The van der Waals surface area contributed by atoms with E-state index < -0.39 is 23.6 Å². The lowest BCUT2D eigenvalue weighted by Crippen LogP contribution is -2.45. The van der Waals surface area contributed by atoms with Crippen molar-refractivity contribution in [2.75, 3.05) is 29.0 Å². The van der Waals surface area contributed by atoms with Crippen LogP contribution in [-0.2, 0) is 11.0 Å². The van der Waals surface area contributed by atoms with E-state index in [1.54, 1.807) is 36.7 Å². The predicted molar refractivity (Wildman–Crippen MR) is 153 cm³/mol. The van der Waals surface area contributed by atoms with Gasteiger partial charge in [0.1, 0.15) is 29.1 Å². The third-order valence-electron chi connectivity index (χ3n) is 7.37. The second-order valence-corrected chi connectivity index (χ2v) is 10.8. The SMILES string of the molecule is NC1CC(F)(F)C1.Nc1nccn2c(N3CCCC(C=O)C3)nc(-c3ccc(C(=O)Nc4cc(C(F)(F)F)ccn4)cc3)c12. The number of anilines is 3. The molecule has 5 N–H and O–H groups in total. The maximum atomic E-state index is 13.0. The van der Waals surface area contributed by atoms with Crippen LogP contribution in [0.15, 0.2) is 55.0 Å². The molecule has 6 rings (SSSR count). The number of nitrogens with one attached hydrogen (secondary N) is 1. The highest BCUT2D eigenvalue weighted by atomic mass is 19.4. The molecule has 44 heavy (non-hydrogen) atoms. The number of nitrogen functional groups attached to an aromatic ring is 1. The Morgan fingerprint density at radius 2 is 1.82 bits per heavy atom. The number of nitrogens with zero attached hydrogens (tertiary/aromatic N) is 5. The highest BCUT2D eigenvalue weighted by Gasteiger charge is 2.43. The third-order valence-corrected chi connectivity index (χ3v) is 7.37. The van der Waals surface area contributed by atoms with Gasteiger partial charge in [0.15, 0.2) is 0 Å². The summed E-state index contributed by atoms with van der Waals surface area (Å²) in [7, 11) is 0. The Kier molecular flexibility index (Phi) is 8.50. The van der Waals surface area contributed by atoms with Crippen LogP contribution < -0.4 is 21.7 Å². The summed E-state index contributed by atoms with van der Waals surface area (Å²) in [5.41, 5.74) is 12.4. The Bertz CT molecular complexity index is 1650. The van der Waals surface area contributed by atoms with Crippen LogP contribution in [0.2, 0.25) is 0 Å². The fourth-order valence-corrected chi connectivity index (χ4v) is 5.13. The average molecular weight is 617 g/mol. The molecule has 0 bridgehead atoms. The number of aromatic nitrogens is 4. The first-order valence-electron chi connectivity index (χ1n) is 13.8. The topological polar surface area (TPSA) is 145 Å². The fraction of sp³-hybridized carbons (Fsp3) is 0.345. The molecule has 1 aromatic carbocycles. The zero-order chi connectivity index (χ0) is 31.6. The molecule has 1 aliphatic carbocycles. The number of carbonyl (C=O) groups excluding carboxylic acids is 2. The molecular weight excluding hydrogens is 587 g/mol. The molecule has 0 radical (unpaired) electrons. The number of halogens is 5. The van der Waals surface area contributed by atoms with Gasteiger partial charge in [0, 0.05) is 67.6 Å². The summed E-state index contributed by atoms with van der Waals surface area (Å²) in [5, 5.41) is 2.39. The zero-order valence-electron chi connectivity index (χ0n) is 23.3. The van der Waals surface area contributed by atoms with E-state index >= 15 is 0 Å². The fourth-order valence-electron chi connectivity index (χ4n) is 5.13. The number of hydrogen-bond acceptors (Lipinski definition) is 8. The molecule has 1 aliphatic heterocycles. The first-order chi connectivity index (χ1) is 20.8. The number of benzene rings is 1. The van der Waals surface area contributed by atoms with Gasteiger partial charge in [0.05, 0.1) is 5.56 Å². The number of aldehydes is 1. The van der Waals surface area contributed by atoms with Crippen molar-refractivity contribution in [3.05, 3.63) is 66.1 Å². The summed E-state index contributed by atoms with van der Waals surface area (Å²) in [6.07, 6.45) is 2.20. The van der Waals surface area contributed by atoms with E-state index in [4.69, 9.17) is 16.5 Å². The molecule has 2 fully saturated rings. The Morgan fingerprint density at radius 1 is 1.09 bits per heavy atom. The first-order valence-corrected chi connectivity index (χ1v) is 13.8. The minimum absolute atomic E-state index is 0.0761. The molecule has 4 aromatic rings. The van der Waals surface area contributed by atoms with Crippen molar-refractivity contribution in [3.8, 4) is 11.3 Å². The summed E-state index contributed by atoms with van der Waals surface area (Å²) in [6.45, 7) is 1.29. The maximum Gasteiger partial charge on any atom is 0.416 e. The van der Waals surface area contributed by atoms with Crippen molar-refractivity contribution >= 4 is 35.3 Å². The normalized spacial score (nSPS) is 18.2. The minimum Gasteiger partial charge on any atom is -0.382 e. The molecule has 232 valence electrons. The van der Waals surface area contributed by atoms with Crippen LogP contribution in [0.3, 0.4) is 0 Å². The molecule has 1 amide bonds. The van der Waals surface area contributed by atoms with Gasteiger partial charge in [-0.2, -0.15) is 13.2 Å². The standard InChI is InChI=1S/C25H22F3N7O2.C4H7F2N/c26-25(27,28)18-7-8-30-19(12-18)32-23(37)17-5-3-16(4-6-17)20-21-22(29)31-9-11-35(21)24(33-20)34-10-1-2-15(13-34)14-36;5-4(6)1-3(7)2-4/h3-9,11-12,14-15H,1-2,10,13H2,(H2,29,31)(H,30,32,37);3H,1-2,7H2. The van der Waals surface area contributed by atoms with Gasteiger partial charge in [-0.25, -0.2) is 23.7 Å². The quantitative estimate of drug-likeness (QED) is 0.214. The first kappa shape index (κ1) is 30.8. The van der Waals surface area contributed by atoms with Gasteiger partial charge in [0.25, 0.3) is 11.8 Å². The van der Waals surface area contributed by atoms with E-state index in [-0.39, 0.29) is 42.0 Å². The Morgan fingerprint density at radius 3 is 2.43 bits per heavy atom. The lowest BCUT2D eigenvalue weighted by atomic mass is 9.89. The smallest absolute Gasteiger partial charge is 0.382 e. The predicted octanol–water partition coefficient (Wildman–Crippen LogP) is 4.80. The van der Waals surface area contributed by atoms with E-state index in [9.17, 15) is 31.5 Å². The van der Waals surface area contributed by atoms with Crippen molar-refractivity contribution in [1.29, 1.82) is 0 Å². The lowest BCUT2D eigenvalue weighted by Gasteiger charge is -2.31. The van der Waals surface area contributed by atoms with Crippen LogP contribution in [0, 0.1) is 5.92 Å². The highest BCUT2D eigenvalue weighted by Crippen LogP contribution is 2.36. The number of hydrogen-bond donors (Lipinski definition) is 3. The monoisotopic (exact) mass is 616 g/mol. The highest BCUT2D eigenvalue weighted by molar-refractivity contribution is 6.04. The second-order valence-electron chi connectivity index (χ2n) is 10.8. The Hall–Kier alpha value is -4.66. The van der Waals surface area contributed by atoms with Crippen molar-refractivity contribution in [1.82, 2.24) is 19.4 Å². The Balaban J connectivity index is 0.000000484. The summed E-state index contributed by atoms with van der Waals surface area (Å²) in [4.78, 5) is 38.9. The van der Waals surface area contributed by atoms with E-state index in [1.165, 1.54) is 0 Å². The third kappa shape index (κ3) is 6.77. The molecular formula is C29H29F5N8O2. The number of carbonyl (C=O) groups is 2. The number of nitrogens with two attached hydrogens (primary N) is 2. The number of pyridine rings is 1. The lowest BCUT2D eigenvalue weighted by molar-refractivity contribution is -0.137. The molecule has 15 heteroatoms. The van der Waals surface area contributed by atoms with Crippen LogP contribution in [0.25, 0.3) is 16.8 Å². The number of alkyl halides is 5. The Labute approximate surface area is 248 Å². The molecule has 1 unspecified atom stereocenters. The average Bonchev–Trinajstić information content (AvgIpc) is 3.37. The summed E-state index contributed by atoms with van der Waals surface area (Å²) < 4.78 is 64.1. The van der Waals surface area contributed by atoms with Crippen LogP contribution in [-0.4, -0.2) is 56.6 Å².